The molecule has 304 valence electrons. The highest BCUT2D eigenvalue weighted by atomic mass is 31.2. The lowest BCUT2D eigenvalue weighted by Crippen LogP contribution is -2.29. The van der Waals surface area contributed by atoms with Crippen LogP contribution in [0.2, 0.25) is 0 Å². The molecule has 9 heteroatoms. The molecule has 0 rings (SSSR count). The third kappa shape index (κ3) is 38.6. The van der Waals surface area contributed by atoms with Crippen LogP contribution < -0.4 is 0 Å². The van der Waals surface area contributed by atoms with Crippen LogP contribution in [0.3, 0.4) is 0 Å². The highest BCUT2D eigenvalue weighted by molar-refractivity contribution is 7.47. The number of carbonyl (C=O) groups excluding carboxylic acids is 2. The van der Waals surface area contributed by atoms with Crippen LogP contribution in [0, 0.1) is 0 Å². The molecule has 0 saturated carbocycles. The Balaban J connectivity index is 3.90. The van der Waals surface area contributed by atoms with Gasteiger partial charge in [0.05, 0.1) is 6.61 Å². The molecule has 1 N–H and O–H groups in total. The van der Waals surface area contributed by atoms with Gasteiger partial charge in [0.25, 0.3) is 0 Å². The van der Waals surface area contributed by atoms with Crippen molar-refractivity contribution in [3.8, 4) is 0 Å². The van der Waals surface area contributed by atoms with E-state index in [9.17, 15) is 19.0 Å². The molecular weight excluding hydrogens is 663 g/mol. The maximum Gasteiger partial charge on any atom is 0.472 e. The molecule has 0 aromatic heterocycles. The Kier molecular flexibility index (Phi) is 38.0. The van der Waals surface area contributed by atoms with Crippen molar-refractivity contribution >= 4 is 19.8 Å². The van der Waals surface area contributed by atoms with Gasteiger partial charge < -0.3 is 14.4 Å². The number of phosphoric acid groups is 1. The number of carbonyl (C=O) groups is 2. The molecular formula is C42H83O8P. The fourth-order valence-corrected chi connectivity index (χ4v) is 6.94. The van der Waals surface area contributed by atoms with Crippen molar-refractivity contribution in [3.05, 3.63) is 0 Å². The highest BCUT2D eigenvalue weighted by Crippen LogP contribution is 2.42. The van der Waals surface area contributed by atoms with E-state index in [-0.39, 0.29) is 19.0 Å². The van der Waals surface area contributed by atoms with Crippen LogP contribution in [0.25, 0.3) is 0 Å². The Morgan fingerprint density at radius 2 is 0.765 bits per heavy atom. The first kappa shape index (κ1) is 50.1. The van der Waals surface area contributed by atoms with Crippen LogP contribution >= 0.6 is 7.82 Å². The molecule has 0 saturated heterocycles. The Hall–Kier alpha value is -0.950. The first-order chi connectivity index (χ1) is 24.8. The van der Waals surface area contributed by atoms with Gasteiger partial charge in [-0.15, -0.1) is 0 Å². The van der Waals surface area contributed by atoms with Crippen molar-refractivity contribution in [1.82, 2.24) is 0 Å². The second-order valence-electron chi connectivity index (χ2n) is 14.8. The second kappa shape index (κ2) is 38.8. The molecule has 0 aliphatic heterocycles. The van der Waals surface area contributed by atoms with Crippen molar-refractivity contribution in [2.75, 3.05) is 20.3 Å². The van der Waals surface area contributed by atoms with E-state index in [1.165, 1.54) is 167 Å². The zero-order valence-electron chi connectivity index (χ0n) is 33.8. The van der Waals surface area contributed by atoms with Gasteiger partial charge in [-0.25, -0.2) is 4.57 Å². The van der Waals surface area contributed by atoms with Gasteiger partial charge >= 0.3 is 19.8 Å². The zero-order chi connectivity index (χ0) is 37.5. The van der Waals surface area contributed by atoms with Gasteiger partial charge in [-0.2, -0.15) is 0 Å². The fourth-order valence-electron chi connectivity index (χ4n) is 6.48. The van der Waals surface area contributed by atoms with E-state index < -0.39 is 26.5 Å². The molecule has 0 aliphatic rings. The Labute approximate surface area is 315 Å². The number of hydrogen-bond acceptors (Lipinski definition) is 7. The Bertz CT molecular complexity index is 808. The first-order valence-corrected chi connectivity index (χ1v) is 23.2. The average molecular weight is 747 g/mol. The van der Waals surface area contributed by atoms with Gasteiger partial charge in [-0.05, 0) is 12.8 Å². The summed E-state index contributed by atoms with van der Waals surface area (Å²) in [5, 5.41) is 0. The molecule has 0 spiro atoms. The minimum atomic E-state index is -4.25. The molecule has 0 radical (unpaired) electrons. The smallest absolute Gasteiger partial charge is 0.462 e. The lowest BCUT2D eigenvalue weighted by atomic mass is 10.0. The minimum Gasteiger partial charge on any atom is -0.462 e. The third-order valence-corrected chi connectivity index (χ3v) is 10.8. The van der Waals surface area contributed by atoms with Gasteiger partial charge in [0, 0.05) is 20.0 Å². The molecule has 0 amide bonds. The van der Waals surface area contributed by atoms with Crippen LogP contribution in [-0.4, -0.2) is 43.3 Å². The van der Waals surface area contributed by atoms with Gasteiger partial charge in [-0.1, -0.05) is 206 Å². The van der Waals surface area contributed by atoms with E-state index >= 15 is 0 Å². The maximum atomic E-state index is 12.5. The van der Waals surface area contributed by atoms with Crippen molar-refractivity contribution in [3.63, 3.8) is 0 Å². The predicted molar refractivity (Wildman–Crippen MR) is 212 cm³/mol. The van der Waals surface area contributed by atoms with Crippen LogP contribution in [0.1, 0.15) is 232 Å². The summed E-state index contributed by atoms with van der Waals surface area (Å²) in [6, 6.07) is 0. The zero-order valence-corrected chi connectivity index (χ0v) is 34.7. The third-order valence-electron chi connectivity index (χ3n) is 9.85. The summed E-state index contributed by atoms with van der Waals surface area (Å²) in [6.45, 7) is 3.91. The van der Waals surface area contributed by atoms with Gasteiger partial charge in [0.15, 0.2) is 6.10 Å². The van der Waals surface area contributed by atoms with Crippen LogP contribution in [0.5, 0.6) is 0 Å². The van der Waals surface area contributed by atoms with E-state index in [1.54, 1.807) is 0 Å². The molecule has 2 unspecified atom stereocenters. The van der Waals surface area contributed by atoms with Gasteiger partial charge in [-0.3, -0.25) is 18.6 Å². The molecule has 0 aliphatic carbocycles. The van der Waals surface area contributed by atoms with E-state index in [2.05, 4.69) is 18.4 Å². The van der Waals surface area contributed by atoms with Crippen molar-refractivity contribution in [2.24, 2.45) is 0 Å². The van der Waals surface area contributed by atoms with Gasteiger partial charge in [0.2, 0.25) is 0 Å². The van der Waals surface area contributed by atoms with Crippen LogP contribution in [0.4, 0.5) is 0 Å². The Morgan fingerprint density at radius 3 is 1.08 bits per heavy atom. The quantitative estimate of drug-likeness (QED) is 0.0374. The van der Waals surface area contributed by atoms with E-state index in [0.717, 1.165) is 45.6 Å². The molecule has 51 heavy (non-hydrogen) atoms. The number of phosphoric ester groups is 1. The van der Waals surface area contributed by atoms with E-state index in [0.29, 0.717) is 6.42 Å². The summed E-state index contributed by atoms with van der Waals surface area (Å²) in [5.41, 5.74) is 0. The van der Waals surface area contributed by atoms with E-state index in [4.69, 9.17) is 14.0 Å². The molecule has 2 atom stereocenters. The van der Waals surface area contributed by atoms with E-state index in [1.807, 2.05) is 0 Å². The van der Waals surface area contributed by atoms with Gasteiger partial charge in [0.1, 0.15) is 6.61 Å². The summed E-state index contributed by atoms with van der Waals surface area (Å²) >= 11 is 0. The standard InChI is InChI=1S/C42H83O8P/c1-4-6-8-10-12-14-16-18-19-20-21-22-23-24-25-27-29-31-33-35-37-42(44)50-40(39-49-51(45,46)47-3)38-48-41(43)36-34-32-30-28-26-17-15-13-11-9-7-5-2/h40H,4-39H2,1-3H3,(H,45,46). The topological polar surface area (TPSA) is 108 Å². The monoisotopic (exact) mass is 747 g/mol. The molecule has 0 fully saturated rings. The minimum absolute atomic E-state index is 0.216. The average Bonchev–Trinajstić information content (AvgIpc) is 3.12. The van der Waals surface area contributed by atoms with Crippen molar-refractivity contribution in [2.45, 2.75) is 238 Å². The SMILES string of the molecule is CCCCCCCCCCCCCCCCCCCCCCC(=O)OC(COC(=O)CCCCCCCCCCCCCC)COP(=O)(O)OC. The Morgan fingerprint density at radius 1 is 0.471 bits per heavy atom. The molecule has 0 aromatic carbocycles. The molecule has 0 aromatic rings. The summed E-state index contributed by atoms with van der Waals surface area (Å²) in [6.07, 6.45) is 40.1. The lowest BCUT2D eigenvalue weighted by molar-refractivity contribution is -0.161. The molecule has 8 nitrogen and oxygen atoms in total. The number of unbranched alkanes of at least 4 members (excludes halogenated alkanes) is 30. The predicted octanol–water partition coefficient (Wildman–Crippen LogP) is 13.5. The van der Waals surface area contributed by atoms with Crippen LogP contribution in [-0.2, 0) is 32.7 Å². The van der Waals surface area contributed by atoms with Crippen molar-refractivity contribution < 1.29 is 37.6 Å². The first-order valence-electron chi connectivity index (χ1n) is 21.7. The summed E-state index contributed by atoms with van der Waals surface area (Å²) in [7, 11) is -3.19. The fraction of sp³-hybridized carbons (Fsp3) is 0.952. The molecule has 0 bridgehead atoms. The lowest BCUT2D eigenvalue weighted by Gasteiger charge is -2.19. The highest BCUT2D eigenvalue weighted by Gasteiger charge is 2.24. The summed E-state index contributed by atoms with van der Waals surface area (Å²) in [5.74, 6) is -0.788. The normalized spacial score (nSPS) is 13.3. The van der Waals surface area contributed by atoms with Crippen molar-refractivity contribution in [1.29, 1.82) is 0 Å². The number of rotatable bonds is 41. The number of esters is 2. The second-order valence-corrected chi connectivity index (χ2v) is 16.4. The molecule has 0 heterocycles. The number of ether oxygens (including phenoxy) is 2. The summed E-state index contributed by atoms with van der Waals surface area (Å²) < 4.78 is 32.0. The number of hydrogen-bond donors (Lipinski definition) is 1. The summed E-state index contributed by atoms with van der Waals surface area (Å²) in [4.78, 5) is 34.4. The largest absolute Gasteiger partial charge is 0.472 e. The maximum absolute atomic E-state index is 12.5. The van der Waals surface area contributed by atoms with Crippen LogP contribution in [0.15, 0.2) is 0 Å².